The molecule has 2 heterocycles. The second-order valence-electron chi connectivity index (χ2n) is 5.60. The number of thiazole rings is 1. The maximum atomic E-state index is 12.1. The molecule has 0 saturated carbocycles. The molecule has 0 spiro atoms. The van der Waals surface area contributed by atoms with Gasteiger partial charge < -0.3 is 4.74 Å². The van der Waals surface area contributed by atoms with Crippen LogP contribution in [0.4, 0.5) is 5.13 Å². The highest BCUT2D eigenvalue weighted by Gasteiger charge is 2.37. The standard InChI is InChI=1S/C14H20N2O3S/c1-9(2)6-10(3)19-13(18)11-7-12(17)16(8-11)14-15-4-5-20-14/h4-5,9-11H,6-8H2,1-3H3/t10-,11-/m1/s1. The average molecular weight is 296 g/mol. The van der Waals surface area contributed by atoms with Gasteiger partial charge in [0, 0.05) is 24.5 Å². The van der Waals surface area contributed by atoms with Crippen LogP contribution in [-0.2, 0) is 14.3 Å². The Morgan fingerprint density at radius 2 is 2.30 bits per heavy atom. The van der Waals surface area contributed by atoms with Crippen LogP contribution < -0.4 is 4.90 Å². The van der Waals surface area contributed by atoms with Crippen LogP contribution in [0, 0.1) is 11.8 Å². The quantitative estimate of drug-likeness (QED) is 0.783. The number of amides is 1. The minimum absolute atomic E-state index is 0.0570. The monoisotopic (exact) mass is 296 g/mol. The summed E-state index contributed by atoms with van der Waals surface area (Å²) in [7, 11) is 0. The summed E-state index contributed by atoms with van der Waals surface area (Å²) in [5.74, 6) is -0.222. The summed E-state index contributed by atoms with van der Waals surface area (Å²) in [6.07, 6.45) is 2.60. The lowest BCUT2D eigenvalue weighted by atomic mass is 10.1. The Morgan fingerprint density at radius 3 is 2.90 bits per heavy atom. The average Bonchev–Trinajstić information content (AvgIpc) is 2.95. The summed E-state index contributed by atoms with van der Waals surface area (Å²) >= 11 is 1.40. The van der Waals surface area contributed by atoms with E-state index in [4.69, 9.17) is 4.74 Å². The van der Waals surface area contributed by atoms with E-state index >= 15 is 0 Å². The van der Waals surface area contributed by atoms with Crippen molar-refractivity contribution in [3.63, 3.8) is 0 Å². The number of carbonyl (C=O) groups excluding carboxylic acids is 2. The van der Waals surface area contributed by atoms with Crippen LogP contribution in [0.3, 0.4) is 0 Å². The lowest BCUT2D eigenvalue weighted by Crippen LogP contribution is -2.27. The van der Waals surface area contributed by atoms with Crippen LogP contribution in [0.1, 0.15) is 33.6 Å². The third kappa shape index (κ3) is 3.56. The largest absolute Gasteiger partial charge is 0.462 e. The molecule has 0 aromatic carbocycles. The van der Waals surface area contributed by atoms with E-state index in [1.807, 2.05) is 12.3 Å². The first-order valence-electron chi connectivity index (χ1n) is 6.87. The van der Waals surface area contributed by atoms with Gasteiger partial charge in [-0.1, -0.05) is 13.8 Å². The van der Waals surface area contributed by atoms with Gasteiger partial charge in [0.2, 0.25) is 5.91 Å². The van der Waals surface area contributed by atoms with Crippen molar-refractivity contribution >= 4 is 28.3 Å². The molecule has 0 radical (unpaired) electrons. The first-order chi connectivity index (χ1) is 9.47. The second kappa shape index (κ2) is 6.35. The molecule has 5 nitrogen and oxygen atoms in total. The number of hydrogen-bond acceptors (Lipinski definition) is 5. The Morgan fingerprint density at radius 1 is 1.55 bits per heavy atom. The maximum Gasteiger partial charge on any atom is 0.311 e. The molecule has 1 aromatic rings. The SMILES string of the molecule is CC(C)C[C@@H](C)OC(=O)[C@@H]1CC(=O)N(c2nccs2)C1. The van der Waals surface area contributed by atoms with Gasteiger partial charge in [0.1, 0.15) is 0 Å². The summed E-state index contributed by atoms with van der Waals surface area (Å²) in [6.45, 7) is 6.45. The normalized spacial score (nSPS) is 20.5. The van der Waals surface area contributed by atoms with Crippen LogP contribution in [0.5, 0.6) is 0 Å². The maximum absolute atomic E-state index is 12.1. The highest BCUT2D eigenvalue weighted by atomic mass is 32.1. The van der Waals surface area contributed by atoms with Crippen LogP contribution in [0.2, 0.25) is 0 Å². The third-order valence-electron chi connectivity index (χ3n) is 3.23. The highest BCUT2D eigenvalue weighted by molar-refractivity contribution is 7.13. The topological polar surface area (TPSA) is 59.5 Å². The van der Waals surface area contributed by atoms with Gasteiger partial charge in [0.05, 0.1) is 12.0 Å². The number of anilines is 1. The van der Waals surface area contributed by atoms with Crippen molar-refractivity contribution in [1.82, 2.24) is 4.98 Å². The Balaban J connectivity index is 1.91. The predicted octanol–water partition coefficient (Wildman–Crippen LogP) is 2.47. The fourth-order valence-corrected chi connectivity index (χ4v) is 3.07. The van der Waals surface area contributed by atoms with E-state index in [1.54, 1.807) is 11.1 Å². The number of rotatable bonds is 5. The fourth-order valence-electron chi connectivity index (χ4n) is 2.41. The van der Waals surface area contributed by atoms with E-state index in [0.717, 1.165) is 6.42 Å². The molecule has 1 aromatic heterocycles. The Bertz CT molecular complexity index is 473. The van der Waals surface area contributed by atoms with Gasteiger partial charge in [-0.25, -0.2) is 4.98 Å². The van der Waals surface area contributed by atoms with Crippen LogP contribution in [-0.4, -0.2) is 29.5 Å². The van der Waals surface area contributed by atoms with E-state index in [2.05, 4.69) is 18.8 Å². The minimum Gasteiger partial charge on any atom is -0.462 e. The Labute approximate surface area is 122 Å². The molecule has 1 saturated heterocycles. The molecule has 0 bridgehead atoms. The number of carbonyl (C=O) groups is 2. The second-order valence-corrected chi connectivity index (χ2v) is 6.47. The number of ether oxygens (including phenoxy) is 1. The van der Waals surface area contributed by atoms with Crippen molar-refractivity contribution in [2.45, 2.75) is 39.7 Å². The number of nitrogens with zero attached hydrogens (tertiary/aromatic N) is 2. The van der Waals surface area contributed by atoms with Crippen LogP contribution >= 0.6 is 11.3 Å². The predicted molar refractivity (Wildman–Crippen MR) is 77.6 cm³/mol. The van der Waals surface area contributed by atoms with Gasteiger partial charge in [0.15, 0.2) is 5.13 Å². The van der Waals surface area contributed by atoms with Crippen molar-refractivity contribution < 1.29 is 14.3 Å². The van der Waals surface area contributed by atoms with Gasteiger partial charge in [0.25, 0.3) is 0 Å². The van der Waals surface area contributed by atoms with Gasteiger partial charge in [-0.15, -0.1) is 11.3 Å². The van der Waals surface area contributed by atoms with E-state index in [9.17, 15) is 9.59 Å². The molecule has 1 aliphatic rings. The zero-order valence-electron chi connectivity index (χ0n) is 12.0. The summed E-state index contributed by atoms with van der Waals surface area (Å²) in [5, 5.41) is 2.47. The van der Waals surface area contributed by atoms with Crippen molar-refractivity contribution in [3.8, 4) is 0 Å². The molecule has 1 fully saturated rings. The smallest absolute Gasteiger partial charge is 0.311 e. The molecular weight excluding hydrogens is 276 g/mol. The highest BCUT2D eigenvalue weighted by Crippen LogP contribution is 2.27. The van der Waals surface area contributed by atoms with E-state index in [-0.39, 0.29) is 30.3 Å². The van der Waals surface area contributed by atoms with Gasteiger partial charge in [-0.3, -0.25) is 14.5 Å². The molecule has 6 heteroatoms. The molecule has 20 heavy (non-hydrogen) atoms. The fraction of sp³-hybridized carbons (Fsp3) is 0.643. The van der Waals surface area contributed by atoms with E-state index in [1.165, 1.54) is 11.3 Å². The van der Waals surface area contributed by atoms with Gasteiger partial charge in [-0.05, 0) is 19.3 Å². The summed E-state index contributed by atoms with van der Waals surface area (Å²) in [5.41, 5.74) is 0. The first kappa shape index (κ1) is 15.0. The molecule has 1 aliphatic heterocycles. The first-order valence-corrected chi connectivity index (χ1v) is 7.75. The molecule has 2 atom stereocenters. The lowest BCUT2D eigenvalue weighted by Gasteiger charge is -2.17. The number of hydrogen-bond donors (Lipinski definition) is 0. The Kier molecular flexibility index (Phi) is 4.75. The molecular formula is C14H20N2O3S. The molecule has 0 N–H and O–H groups in total. The molecule has 2 rings (SSSR count). The molecule has 0 aliphatic carbocycles. The molecule has 1 amide bonds. The number of aromatic nitrogens is 1. The molecule has 0 unspecified atom stereocenters. The zero-order valence-corrected chi connectivity index (χ0v) is 12.9. The summed E-state index contributed by atoms with van der Waals surface area (Å²) < 4.78 is 5.42. The van der Waals surface area contributed by atoms with E-state index in [0.29, 0.717) is 17.6 Å². The van der Waals surface area contributed by atoms with Gasteiger partial charge in [-0.2, -0.15) is 0 Å². The van der Waals surface area contributed by atoms with Gasteiger partial charge >= 0.3 is 5.97 Å². The lowest BCUT2D eigenvalue weighted by molar-refractivity contribution is -0.153. The number of esters is 1. The minimum atomic E-state index is -0.374. The van der Waals surface area contributed by atoms with Crippen LogP contribution in [0.15, 0.2) is 11.6 Å². The molecule has 110 valence electrons. The Hall–Kier alpha value is -1.43. The zero-order chi connectivity index (χ0) is 14.7. The van der Waals surface area contributed by atoms with Crippen molar-refractivity contribution in [2.24, 2.45) is 11.8 Å². The summed E-state index contributed by atoms with van der Waals surface area (Å²) in [6, 6.07) is 0. The van der Waals surface area contributed by atoms with Crippen molar-refractivity contribution in [2.75, 3.05) is 11.4 Å². The van der Waals surface area contributed by atoms with Crippen LogP contribution in [0.25, 0.3) is 0 Å². The van der Waals surface area contributed by atoms with Crippen molar-refractivity contribution in [1.29, 1.82) is 0 Å². The summed E-state index contributed by atoms with van der Waals surface area (Å²) in [4.78, 5) is 29.7. The third-order valence-corrected chi connectivity index (χ3v) is 4.02. The van der Waals surface area contributed by atoms with E-state index < -0.39 is 0 Å². The van der Waals surface area contributed by atoms with Crippen molar-refractivity contribution in [3.05, 3.63) is 11.6 Å².